The molecule has 0 bridgehead atoms. The van der Waals surface area contributed by atoms with Gasteiger partial charge in [0, 0.05) is 15.8 Å². The fourth-order valence-corrected chi connectivity index (χ4v) is 5.15. The molecule has 2 unspecified atom stereocenters. The van der Waals surface area contributed by atoms with Crippen molar-refractivity contribution < 1.29 is 0 Å². The Labute approximate surface area is 141 Å². The van der Waals surface area contributed by atoms with Gasteiger partial charge in [-0.25, -0.2) is 0 Å². The van der Waals surface area contributed by atoms with Gasteiger partial charge in [-0.2, -0.15) is 0 Å². The second-order valence-corrected chi connectivity index (χ2v) is 8.76. The first-order valence-electron chi connectivity index (χ1n) is 6.80. The molecule has 21 heavy (non-hydrogen) atoms. The molecular formula is C17H16BrNS2. The summed E-state index contributed by atoms with van der Waals surface area (Å²) in [5.41, 5.74) is 6.21. The van der Waals surface area contributed by atoms with Crippen LogP contribution in [0.15, 0.2) is 63.3 Å². The summed E-state index contributed by atoms with van der Waals surface area (Å²) >= 11 is 7.14. The molecule has 108 valence electrons. The molecule has 0 spiro atoms. The summed E-state index contributed by atoms with van der Waals surface area (Å²) < 4.78 is 1.15. The Bertz CT molecular complexity index is 751. The highest BCUT2D eigenvalue weighted by atomic mass is 79.9. The van der Waals surface area contributed by atoms with Crippen LogP contribution in [0, 0.1) is 0 Å². The average molecular weight is 378 g/mol. The fourth-order valence-electron chi connectivity index (χ4n) is 2.29. The van der Waals surface area contributed by atoms with E-state index in [4.69, 9.17) is 5.73 Å². The zero-order valence-electron chi connectivity index (χ0n) is 11.6. The lowest BCUT2D eigenvalue weighted by Gasteiger charge is -2.19. The molecule has 1 aromatic heterocycles. The molecule has 0 aliphatic rings. The van der Waals surface area contributed by atoms with Crippen LogP contribution >= 0.6 is 39.0 Å². The third kappa shape index (κ3) is 3.51. The van der Waals surface area contributed by atoms with Crippen molar-refractivity contribution in [2.75, 3.05) is 0 Å². The van der Waals surface area contributed by atoms with Gasteiger partial charge in [0.15, 0.2) is 0 Å². The number of halogens is 1. The van der Waals surface area contributed by atoms with E-state index in [1.165, 1.54) is 20.5 Å². The van der Waals surface area contributed by atoms with Crippen LogP contribution in [0.3, 0.4) is 0 Å². The molecule has 3 rings (SSSR count). The van der Waals surface area contributed by atoms with Crippen molar-refractivity contribution in [2.45, 2.75) is 23.1 Å². The maximum Gasteiger partial charge on any atom is 0.0701 e. The van der Waals surface area contributed by atoms with Crippen molar-refractivity contribution in [3.8, 4) is 0 Å². The molecule has 0 saturated carbocycles. The number of hydrogen-bond acceptors (Lipinski definition) is 3. The summed E-state index contributed by atoms with van der Waals surface area (Å²) in [5, 5.41) is 2.83. The molecule has 1 nitrogen and oxygen atoms in total. The summed E-state index contributed by atoms with van der Waals surface area (Å²) in [6, 6.07) is 19.4. The first-order valence-corrected chi connectivity index (χ1v) is 9.28. The van der Waals surface area contributed by atoms with Crippen LogP contribution in [0.1, 0.15) is 17.1 Å². The van der Waals surface area contributed by atoms with Crippen molar-refractivity contribution in [3.05, 3.63) is 63.3 Å². The molecule has 4 heteroatoms. The van der Waals surface area contributed by atoms with Gasteiger partial charge in [-0.3, -0.25) is 0 Å². The van der Waals surface area contributed by atoms with Crippen LogP contribution < -0.4 is 5.73 Å². The standard InChI is InChI=1S/C17H16BrNS2/c1-11(19)17(15-8-9-16(18)21-15)20-14-7-6-12-4-2-3-5-13(12)10-14/h2-11,17H,19H2,1H3. The van der Waals surface area contributed by atoms with E-state index >= 15 is 0 Å². The van der Waals surface area contributed by atoms with Crippen molar-refractivity contribution >= 4 is 49.8 Å². The summed E-state index contributed by atoms with van der Waals surface area (Å²) in [4.78, 5) is 2.58. The van der Waals surface area contributed by atoms with Crippen LogP contribution in [-0.4, -0.2) is 6.04 Å². The quantitative estimate of drug-likeness (QED) is 0.577. The van der Waals surface area contributed by atoms with Gasteiger partial charge < -0.3 is 5.73 Å². The van der Waals surface area contributed by atoms with Crippen LogP contribution in [0.5, 0.6) is 0 Å². The zero-order chi connectivity index (χ0) is 14.8. The van der Waals surface area contributed by atoms with E-state index in [0.29, 0.717) is 0 Å². The molecule has 0 aliphatic heterocycles. The number of nitrogens with two attached hydrogens (primary N) is 1. The van der Waals surface area contributed by atoms with E-state index in [1.807, 2.05) is 11.8 Å². The largest absolute Gasteiger partial charge is 0.327 e. The van der Waals surface area contributed by atoms with E-state index in [0.717, 1.165) is 3.79 Å². The van der Waals surface area contributed by atoms with Gasteiger partial charge in [-0.1, -0.05) is 30.3 Å². The molecule has 0 aliphatic carbocycles. The highest BCUT2D eigenvalue weighted by molar-refractivity contribution is 9.11. The molecule has 0 fully saturated rings. The molecule has 1 heterocycles. The number of benzene rings is 2. The number of thiophene rings is 1. The van der Waals surface area contributed by atoms with Crippen molar-refractivity contribution in [2.24, 2.45) is 5.73 Å². The second-order valence-electron chi connectivity index (χ2n) is 5.05. The summed E-state index contributed by atoms with van der Waals surface area (Å²) in [6.07, 6.45) is 0. The van der Waals surface area contributed by atoms with Gasteiger partial charge in [0.2, 0.25) is 0 Å². The van der Waals surface area contributed by atoms with Crippen molar-refractivity contribution in [1.29, 1.82) is 0 Å². The molecular weight excluding hydrogens is 362 g/mol. The molecule has 2 atom stereocenters. The predicted octanol–water partition coefficient (Wildman–Crippen LogP) is 5.84. The van der Waals surface area contributed by atoms with E-state index in [9.17, 15) is 0 Å². The van der Waals surface area contributed by atoms with Gasteiger partial charge in [-0.15, -0.1) is 23.1 Å². The number of hydrogen-bond donors (Lipinski definition) is 1. The number of thioether (sulfide) groups is 1. The highest BCUT2D eigenvalue weighted by Crippen LogP contribution is 2.41. The Morgan fingerprint density at radius 2 is 1.81 bits per heavy atom. The van der Waals surface area contributed by atoms with Crippen LogP contribution in [0.4, 0.5) is 0 Å². The van der Waals surface area contributed by atoms with Gasteiger partial charge in [0.05, 0.1) is 9.04 Å². The second kappa shape index (κ2) is 6.53. The Balaban J connectivity index is 1.90. The van der Waals surface area contributed by atoms with Gasteiger partial charge >= 0.3 is 0 Å². The van der Waals surface area contributed by atoms with E-state index in [2.05, 4.69) is 77.5 Å². The molecule has 0 saturated heterocycles. The van der Waals surface area contributed by atoms with E-state index in [-0.39, 0.29) is 11.3 Å². The molecule has 2 aromatic carbocycles. The van der Waals surface area contributed by atoms with E-state index in [1.54, 1.807) is 11.3 Å². The third-order valence-electron chi connectivity index (χ3n) is 3.34. The molecule has 2 N–H and O–H groups in total. The Hall–Kier alpha value is -0.810. The molecule has 3 aromatic rings. The Morgan fingerprint density at radius 1 is 1.05 bits per heavy atom. The lowest BCUT2D eigenvalue weighted by molar-refractivity contribution is 0.730. The summed E-state index contributed by atoms with van der Waals surface area (Å²) in [6.45, 7) is 2.08. The number of rotatable bonds is 4. The Morgan fingerprint density at radius 3 is 2.48 bits per heavy atom. The number of fused-ring (bicyclic) bond motifs is 1. The topological polar surface area (TPSA) is 26.0 Å². The monoisotopic (exact) mass is 377 g/mol. The van der Waals surface area contributed by atoms with Crippen molar-refractivity contribution in [3.63, 3.8) is 0 Å². The minimum atomic E-state index is 0.104. The summed E-state index contributed by atoms with van der Waals surface area (Å²) in [5.74, 6) is 0. The average Bonchev–Trinajstić information content (AvgIpc) is 2.90. The van der Waals surface area contributed by atoms with Crippen molar-refractivity contribution in [1.82, 2.24) is 0 Å². The minimum Gasteiger partial charge on any atom is -0.327 e. The minimum absolute atomic E-state index is 0.104. The van der Waals surface area contributed by atoms with Crippen LogP contribution in [0.25, 0.3) is 10.8 Å². The summed E-state index contributed by atoms with van der Waals surface area (Å²) in [7, 11) is 0. The predicted molar refractivity (Wildman–Crippen MR) is 98.2 cm³/mol. The smallest absolute Gasteiger partial charge is 0.0701 e. The maximum atomic E-state index is 6.21. The molecule has 0 amide bonds. The molecule has 0 radical (unpaired) electrons. The fraction of sp³-hybridized carbons (Fsp3) is 0.176. The third-order valence-corrected chi connectivity index (χ3v) is 6.66. The van der Waals surface area contributed by atoms with Gasteiger partial charge in [0.25, 0.3) is 0 Å². The van der Waals surface area contributed by atoms with Crippen LogP contribution in [-0.2, 0) is 0 Å². The van der Waals surface area contributed by atoms with E-state index < -0.39 is 0 Å². The lowest BCUT2D eigenvalue weighted by Crippen LogP contribution is -2.21. The van der Waals surface area contributed by atoms with Gasteiger partial charge in [0.1, 0.15) is 0 Å². The first kappa shape index (κ1) is 15.1. The normalized spacial score (nSPS) is 14.2. The zero-order valence-corrected chi connectivity index (χ0v) is 14.8. The SMILES string of the molecule is CC(N)C(Sc1ccc2ccccc2c1)c1ccc(Br)s1. The van der Waals surface area contributed by atoms with Crippen LogP contribution in [0.2, 0.25) is 0 Å². The Kier molecular flexibility index (Phi) is 4.69. The maximum absolute atomic E-state index is 6.21. The highest BCUT2D eigenvalue weighted by Gasteiger charge is 2.19. The lowest BCUT2D eigenvalue weighted by atomic mass is 10.1. The van der Waals surface area contributed by atoms with Gasteiger partial charge in [-0.05, 0) is 57.9 Å². The first-order chi connectivity index (χ1) is 10.1.